The molecule has 7 nitrogen and oxygen atoms in total. The Morgan fingerprint density at radius 1 is 1.18 bits per heavy atom. The molecule has 180 valence electrons. The maximum absolute atomic E-state index is 14.4. The molecule has 0 bridgehead atoms. The molecule has 1 N–H and O–H groups in total. The summed E-state index contributed by atoms with van der Waals surface area (Å²) in [5, 5.41) is 15.2. The second-order valence-electron chi connectivity index (χ2n) is 7.76. The number of aromatic nitrogens is 2. The minimum Gasteiger partial charge on any atom is -0.436 e. The van der Waals surface area contributed by atoms with Crippen molar-refractivity contribution in [1.29, 1.82) is 0 Å². The Morgan fingerprint density at radius 2 is 1.91 bits per heavy atom. The molecular weight excluding hydrogens is 437 g/mol. The van der Waals surface area contributed by atoms with Crippen LogP contribution in [-0.4, -0.2) is 65.9 Å². The number of aliphatic hydroxyl groups excluding tert-OH is 1. The Hall–Kier alpha value is -3.22. The molecule has 1 heterocycles. The maximum atomic E-state index is 14.4. The summed E-state index contributed by atoms with van der Waals surface area (Å²) in [7, 11) is 3.38. The van der Waals surface area contributed by atoms with Crippen molar-refractivity contribution in [3.63, 3.8) is 0 Å². The third-order valence-electron chi connectivity index (χ3n) is 5.14. The SMILES string of the molecule is C#CCOC[C@H](O)CN(CCOC)Cc1c(-c2ccccc2)nn(C)c1Oc1ccccc1F. The first-order valence-corrected chi connectivity index (χ1v) is 11.0. The molecule has 8 heteroatoms. The molecule has 0 spiro atoms. The molecule has 0 saturated carbocycles. The lowest BCUT2D eigenvalue weighted by Gasteiger charge is -2.25. The van der Waals surface area contributed by atoms with Crippen molar-refractivity contribution in [2.45, 2.75) is 12.6 Å². The van der Waals surface area contributed by atoms with Gasteiger partial charge in [-0.3, -0.25) is 4.90 Å². The lowest BCUT2D eigenvalue weighted by Crippen LogP contribution is -2.36. The Labute approximate surface area is 199 Å². The van der Waals surface area contributed by atoms with Gasteiger partial charge in [-0.15, -0.1) is 6.42 Å². The van der Waals surface area contributed by atoms with Gasteiger partial charge in [0.15, 0.2) is 11.6 Å². The van der Waals surface area contributed by atoms with Crippen LogP contribution in [-0.2, 0) is 23.1 Å². The maximum Gasteiger partial charge on any atom is 0.222 e. The number of methoxy groups -OCH3 is 1. The average Bonchev–Trinajstić information content (AvgIpc) is 3.14. The molecule has 0 aliphatic rings. The monoisotopic (exact) mass is 467 g/mol. The molecule has 0 fully saturated rings. The van der Waals surface area contributed by atoms with Crippen LogP contribution in [0, 0.1) is 18.2 Å². The van der Waals surface area contributed by atoms with Crippen LogP contribution in [0.1, 0.15) is 5.56 Å². The van der Waals surface area contributed by atoms with E-state index in [0.29, 0.717) is 32.1 Å². The number of para-hydroxylation sites is 1. The minimum absolute atomic E-state index is 0.109. The summed E-state index contributed by atoms with van der Waals surface area (Å²) in [6.45, 7) is 1.96. The van der Waals surface area contributed by atoms with Gasteiger partial charge in [-0.2, -0.15) is 5.10 Å². The van der Waals surface area contributed by atoms with E-state index in [2.05, 4.69) is 11.0 Å². The number of aryl methyl sites for hydroxylation is 1. The molecule has 3 aromatic rings. The quantitative estimate of drug-likeness (QED) is 0.307. The van der Waals surface area contributed by atoms with Gasteiger partial charge in [0.2, 0.25) is 5.88 Å². The molecular formula is C26H30FN3O4. The number of hydrogen-bond acceptors (Lipinski definition) is 6. The molecule has 1 aromatic heterocycles. The summed E-state index contributed by atoms with van der Waals surface area (Å²) < 4.78 is 32.6. The van der Waals surface area contributed by atoms with Crippen LogP contribution < -0.4 is 4.74 Å². The number of aliphatic hydroxyl groups is 1. The van der Waals surface area contributed by atoms with E-state index in [0.717, 1.165) is 16.8 Å². The largest absolute Gasteiger partial charge is 0.436 e. The highest BCUT2D eigenvalue weighted by Gasteiger charge is 2.24. The van der Waals surface area contributed by atoms with Gasteiger partial charge in [-0.05, 0) is 12.1 Å². The van der Waals surface area contributed by atoms with Crippen molar-refractivity contribution in [1.82, 2.24) is 14.7 Å². The van der Waals surface area contributed by atoms with Gasteiger partial charge in [0.05, 0.1) is 24.9 Å². The Kier molecular flexibility index (Phi) is 9.62. The van der Waals surface area contributed by atoms with Gasteiger partial charge in [0, 0.05) is 39.4 Å². The first kappa shape index (κ1) is 25.4. The summed E-state index contributed by atoms with van der Waals surface area (Å²) >= 11 is 0. The molecule has 2 aromatic carbocycles. The molecule has 0 aliphatic carbocycles. The highest BCUT2D eigenvalue weighted by molar-refractivity contribution is 5.65. The van der Waals surface area contributed by atoms with Crippen LogP contribution in [0.25, 0.3) is 11.3 Å². The highest BCUT2D eigenvalue weighted by atomic mass is 19.1. The number of halogens is 1. The molecule has 0 amide bonds. The van der Waals surface area contributed by atoms with Crippen molar-refractivity contribution in [3.8, 4) is 35.2 Å². The zero-order valence-corrected chi connectivity index (χ0v) is 19.5. The number of benzene rings is 2. The van der Waals surface area contributed by atoms with Crippen molar-refractivity contribution in [3.05, 3.63) is 66.0 Å². The predicted octanol–water partition coefficient (Wildman–Crippen LogP) is 3.48. The lowest BCUT2D eigenvalue weighted by atomic mass is 10.1. The first-order valence-electron chi connectivity index (χ1n) is 11.0. The summed E-state index contributed by atoms with van der Waals surface area (Å²) in [5.74, 6) is 2.45. The van der Waals surface area contributed by atoms with Gasteiger partial charge >= 0.3 is 0 Å². The van der Waals surface area contributed by atoms with Crippen molar-refractivity contribution < 1.29 is 23.7 Å². The second kappa shape index (κ2) is 12.9. The third kappa shape index (κ3) is 6.89. The number of rotatable bonds is 13. The van der Waals surface area contributed by atoms with E-state index < -0.39 is 11.9 Å². The van der Waals surface area contributed by atoms with Crippen LogP contribution in [0.2, 0.25) is 0 Å². The molecule has 0 unspecified atom stereocenters. The van der Waals surface area contributed by atoms with Crippen LogP contribution >= 0.6 is 0 Å². The molecule has 1 atom stereocenters. The van der Waals surface area contributed by atoms with Crippen LogP contribution in [0.15, 0.2) is 54.6 Å². The number of ether oxygens (including phenoxy) is 3. The van der Waals surface area contributed by atoms with Crippen molar-refractivity contribution >= 4 is 0 Å². The minimum atomic E-state index is -0.752. The van der Waals surface area contributed by atoms with Gasteiger partial charge in [-0.25, -0.2) is 9.07 Å². The van der Waals surface area contributed by atoms with Crippen molar-refractivity contribution in [2.24, 2.45) is 7.05 Å². The van der Waals surface area contributed by atoms with Crippen LogP contribution in [0.4, 0.5) is 4.39 Å². The van der Waals surface area contributed by atoms with E-state index in [1.165, 1.54) is 6.07 Å². The zero-order valence-electron chi connectivity index (χ0n) is 19.5. The van der Waals surface area contributed by atoms with E-state index in [1.54, 1.807) is 37.0 Å². The topological polar surface area (TPSA) is 69.0 Å². The van der Waals surface area contributed by atoms with Gasteiger partial charge < -0.3 is 19.3 Å². The Bertz CT molecular complexity index is 1080. The number of terminal acetylenes is 1. The van der Waals surface area contributed by atoms with Crippen LogP contribution in [0.5, 0.6) is 11.6 Å². The molecule has 34 heavy (non-hydrogen) atoms. The van der Waals surface area contributed by atoms with Crippen molar-refractivity contribution in [2.75, 3.05) is 40.0 Å². The Balaban J connectivity index is 1.95. The molecule has 0 saturated heterocycles. The van der Waals surface area contributed by atoms with E-state index in [-0.39, 0.29) is 19.0 Å². The molecule has 3 rings (SSSR count). The van der Waals surface area contributed by atoms with E-state index in [4.69, 9.17) is 20.6 Å². The standard InChI is InChI=1S/C26H30FN3O4/c1-4-15-33-19-21(31)17-30(14-16-32-3)18-22-25(20-10-6-5-7-11-20)28-29(2)26(22)34-24-13-9-8-12-23(24)27/h1,5-13,21,31H,14-19H2,2-3H3/t21-/m1/s1. The first-order chi connectivity index (χ1) is 16.5. The van der Waals surface area contributed by atoms with E-state index in [9.17, 15) is 9.50 Å². The van der Waals surface area contributed by atoms with E-state index >= 15 is 0 Å². The Morgan fingerprint density at radius 3 is 2.62 bits per heavy atom. The van der Waals surface area contributed by atoms with E-state index in [1.807, 2.05) is 35.2 Å². The lowest BCUT2D eigenvalue weighted by molar-refractivity contribution is 0.0206. The highest BCUT2D eigenvalue weighted by Crippen LogP contribution is 2.34. The van der Waals surface area contributed by atoms with Gasteiger partial charge in [0.1, 0.15) is 12.3 Å². The number of nitrogens with zero attached hydrogens (tertiary/aromatic N) is 3. The average molecular weight is 468 g/mol. The molecule has 0 radical (unpaired) electrons. The van der Waals surface area contributed by atoms with Crippen LogP contribution in [0.3, 0.4) is 0 Å². The molecule has 0 aliphatic heterocycles. The van der Waals surface area contributed by atoms with Gasteiger partial charge in [0.25, 0.3) is 0 Å². The second-order valence-corrected chi connectivity index (χ2v) is 7.76. The smallest absolute Gasteiger partial charge is 0.222 e. The zero-order chi connectivity index (χ0) is 24.3. The summed E-state index contributed by atoms with van der Waals surface area (Å²) in [5.41, 5.74) is 2.39. The summed E-state index contributed by atoms with van der Waals surface area (Å²) in [6.07, 6.45) is 4.46. The fraction of sp³-hybridized carbons (Fsp3) is 0.346. The fourth-order valence-corrected chi connectivity index (χ4v) is 3.57. The predicted molar refractivity (Wildman–Crippen MR) is 128 cm³/mol. The van der Waals surface area contributed by atoms with Gasteiger partial charge in [-0.1, -0.05) is 48.4 Å². The normalized spacial score (nSPS) is 12.0. The third-order valence-corrected chi connectivity index (χ3v) is 5.14. The summed E-state index contributed by atoms with van der Waals surface area (Å²) in [6, 6.07) is 16.0. The summed E-state index contributed by atoms with van der Waals surface area (Å²) in [4.78, 5) is 2.02. The fourth-order valence-electron chi connectivity index (χ4n) is 3.57. The number of hydrogen-bond donors (Lipinski definition) is 1.